The number of carbonyl (C=O) groups is 2. The van der Waals surface area contributed by atoms with Gasteiger partial charge in [-0.15, -0.1) is 0 Å². The quantitative estimate of drug-likeness (QED) is 0.801. The van der Waals surface area contributed by atoms with Gasteiger partial charge in [-0.1, -0.05) is 19.0 Å². The molecule has 0 saturated carbocycles. The Bertz CT molecular complexity index is 426. The number of hydrogen-bond donors (Lipinski definition) is 1. The Morgan fingerprint density at radius 1 is 1.38 bits per heavy atom. The summed E-state index contributed by atoms with van der Waals surface area (Å²) in [7, 11) is 1.29. The number of rotatable bonds is 4. The van der Waals surface area contributed by atoms with E-state index < -0.39 is 23.8 Å². The van der Waals surface area contributed by atoms with E-state index in [4.69, 9.17) is 9.57 Å². The molecule has 0 aromatic carbocycles. The number of amides is 1. The molecule has 1 heterocycles. The fraction of sp³-hybridized carbons (Fsp3) is 0.786. The van der Waals surface area contributed by atoms with Gasteiger partial charge < -0.3 is 19.6 Å². The molecular weight excluding hydrogens is 276 g/mol. The molecule has 1 N–H and O–H groups in total. The van der Waals surface area contributed by atoms with E-state index in [1.807, 2.05) is 13.8 Å². The van der Waals surface area contributed by atoms with E-state index in [2.05, 4.69) is 15.2 Å². The molecule has 1 amide bonds. The van der Waals surface area contributed by atoms with Crippen molar-refractivity contribution in [2.75, 3.05) is 7.11 Å². The molecule has 7 nitrogen and oxygen atoms in total. The van der Waals surface area contributed by atoms with Crippen LogP contribution in [0.15, 0.2) is 5.16 Å². The Morgan fingerprint density at radius 2 is 2.00 bits per heavy atom. The zero-order valence-corrected chi connectivity index (χ0v) is 13.4. The van der Waals surface area contributed by atoms with E-state index in [0.717, 1.165) is 0 Å². The predicted molar refractivity (Wildman–Crippen MR) is 76.9 cm³/mol. The lowest BCUT2D eigenvalue weighted by Crippen LogP contribution is -2.46. The molecule has 0 radical (unpaired) electrons. The first-order valence-corrected chi connectivity index (χ1v) is 6.94. The van der Waals surface area contributed by atoms with Crippen LogP contribution in [0, 0.1) is 5.92 Å². The average molecular weight is 300 g/mol. The zero-order chi connectivity index (χ0) is 16.2. The van der Waals surface area contributed by atoms with Gasteiger partial charge in [0.1, 0.15) is 5.60 Å². The van der Waals surface area contributed by atoms with Crippen LogP contribution < -0.4 is 5.32 Å². The number of hydrogen-bond acceptors (Lipinski definition) is 6. The third-order valence-electron chi connectivity index (χ3n) is 2.85. The smallest absolute Gasteiger partial charge is 0.408 e. The summed E-state index contributed by atoms with van der Waals surface area (Å²) in [5, 5.41) is 6.67. The molecule has 0 saturated heterocycles. The van der Waals surface area contributed by atoms with Crippen LogP contribution in [0.2, 0.25) is 0 Å². The van der Waals surface area contributed by atoms with Crippen molar-refractivity contribution in [1.82, 2.24) is 5.32 Å². The standard InChI is InChI=1S/C14H24N2O5/c1-8(2)11(15-13(18)20-14(3,4)5)9-7-10(21-16-9)12(17)19-6/h8,10-11H,7H2,1-6H3,(H,15,18)/t10?,11-/m0/s1. The fourth-order valence-corrected chi connectivity index (χ4v) is 1.91. The molecule has 2 atom stereocenters. The van der Waals surface area contributed by atoms with Gasteiger partial charge in [0.15, 0.2) is 0 Å². The van der Waals surface area contributed by atoms with Crippen molar-refractivity contribution in [2.24, 2.45) is 11.1 Å². The highest BCUT2D eigenvalue weighted by atomic mass is 16.7. The number of esters is 1. The minimum absolute atomic E-state index is 0.0799. The number of nitrogens with one attached hydrogen (secondary N) is 1. The van der Waals surface area contributed by atoms with E-state index in [1.54, 1.807) is 20.8 Å². The van der Waals surface area contributed by atoms with Crippen LogP contribution >= 0.6 is 0 Å². The number of ether oxygens (including phenoxy) is 2. The number of oxime groups is 1. The lowest BCUT2D eigenvalue weighted by molar-refractivity contribution is -0.152. The third kappa shape index (κ3) is 5.24. The highest BCUT2D eigenvalue weighted by Gasteiger charge is 2.35. The maximum Gasteiger partial charge on any atom is 0.408 e. The molecule has 7 heteroatoms. The zero-order valence-electron chi connectivity index (χ0n) is 13.4. The van der Waals surface area contributed by atoms with E-state index >= 15 is 0 Å². The molecule has 21 heavy (non-hydrogen) atoms. The topological polar surface area (TPSA) is 86.2 Å². The van der Waals surface area contributed by atoms with Crippen LogP contribution in [0.25, 0.3) is 0 Å². The number of carbonyl (C=O) groups excluding carboxylic acids is 2. The summed E-state index contributed by atoms with van der Waals surface area (Å²) in [5.74, 6) is -0.398. The van der Waals surface area contributed by atoms with Gasteiger partial charge in [-0.3, -0.25) is 0 Å². The summed E-state index contributed by atoms with van der Waals surface area (Å²) in [6, 6.07) is -0.352. The van der Waals surface area contributed by atoms with Gasteiger partial charge in [-0.25, -0.2) is 9.59 Å². The van der Waals surface area contributed by atoms with Gasteiger partial charge in [0.25, 0.3) is 0 Å². The Hall–Kier alpha value is -1.79. The molecule has 1 aliphatic heterocycles. The third-order valence-corrected chi connectivity index (χ3v) is 2.85. The molecule has 0 aromatic heterocycles. The van der Waals surface area contributed by atoms with Crippen molar-refractivity contribution in [3.05, 3.63) is 0 Å². The van der Waals surface area contributed by atoms with Crippen LogP contribution in [0.4, 0.5) is 4.79 Å². The van der Waals surface area contributed by atoms with Crippen LogP contribution in [-0.2, 0) is 19.1 Å². The first-order valence-electron chi connectivity index (χ1n) is 6.94. The monoisotopic (exact) mass is 300 g/mol. The molecule has 120 valence electrons. The van der Waals surface area contributed by atoms with E-state index in [0.29, 0.717) is 12.1 Å². The van der Waals surface area contributed by atoms with Crippen molar-refractivity contribution in [3.8, 4) is 0 Å². The summed E-state index contributed by atoms with van der Waals surface area (Å²) >= 11 is 0. The summed E-state index contributed by atoms with van der Waals surface area (Å²) < 4.78 is 9.86. The normalized spacial score (nSPS) is 19.6. The molecule has 0 bridgehead atoms. The number of methoxy groups -OCH3 is 1. The second kappa shape index (κ2) is 6.78. The van der Waals surface area contributed by atoms with E-state index in [-0.39, 0.29) is 12.0 Å². The Kier molecular flexibility index (Phi) is 5.57. The molecule has 0 spiro atoms. The predicted octanol–water partition coefficient (Wildman–Crippen LogP) is 1.85. The van der Waals surface area contributed by atoms with Crippen LogP contribution in [0.1, 0.15) is 41.0 Å². The first kappa shape index (κ1) is 17.3. The van der Waals surface area contributed by atoms with Crippen molar-refractivity contribution in [1.29, 1.82) is 0 Å². The molecule has 1 aliphatic rings. The van der Waals surface area contributed by atoms with Gasteiger partial charge in [0.05, 0.1) is 18.9 Å². The van der Waals surface area contributed by atoms with Crippen LogP contribution in [-0.4, -0.2) is 42.6 Å². The van der Waals surface area contributed by atoms with Crippen LogP contribution in [0.5, 0.6) is 0 Å². The van der Waals surface area contributed by atoms with Crippen molar-refractivity contribution in [2.45, 2.75) is 58.8 Å². The molecule has 1 rings (SSSR count). The summed E-state index contributed by atoms with van der Waals surface area (Å²) in [6.45, 7) is 9.26. The van der Waals surface area contributed by atoms with E-state index in [9.17, 15) is 9.59 Å². The lowest BCUT2D eigenvalue weighted by atomic mass is 9.96. The number of alkyl carbamates (subject to hydrolysis) is 1. The summed E-state index contributed by atoms with van der Waals surface area (Å²) in [6.07, 6.45) is -0.970. The Labute approximate surface area is 125 Å². The maximum absolute atomic E-state index is 11.9. The minimum atomic E-state index is -0.744. The van der Waals surface area contributed by atoms with Crippen molar-refractivity contribution in [3.63, 3.8) is 0 Å². The average Bonchev–Trinajstić information content (AvgIpc) is 2.81. The van der Waals surface area contributed by atoms with Gasteiger partial charge in [-0.05, 0) is 26.7 Å². The summed E-state index contributed by atoms with van der Waals surface area (Å²) in [4.78, 5) is 28.4. The molecule has 0 fully saturated rings. The van der Waals surface area contributed by atoms with Crippen molar-refractivity contribution < 1.29 is 23.9 Å². The SMILES string of the molecule is COC(=O)C1CC([C@@H](NC(=O)OC(C)(C)C)C(C)C)=NO1. The highest BCUT2D eigenvalue weighted by Crippen LogP contribution is 2.18. The second-order valence-corrected chi connectivity index (χ2v) is 6.27. The minimum Gasteiger partial charge on any atom is -0.466 e. The molecule has 0 aliphatic carbocycles. The van der Waals surface area contributed by atoms with Gasteiger partial charge in [0.2, 0.25) is 6.10 Å². The lowest BCUT2D eigenvalue weighted by Gasteiger charge is -2.25. The molecule has 1 unspecified atom stereocenters. The highest BCUT2D eigenvalue weighted by molar-refractivity contribution is 5.96. The van der Waals surface area contributed by atoms with Crippen molar-refractivity contribution >= 4 is 17.8 Å². The molecule has 0 aromatic rings. The van der Waals surface area contributed by atoms with E-state index in [1.165, 1.54) is 7.11 Å². The largest absolute Gasteiger partial charge is 0.466 e. The summed E-state index contributed by atoms with van der Waals surface area (Å²) in [5.41, 5.74) is 0.0278. The van der Waals surface area contributed by atoms with Gasteiger partial charge >= 0.3 is 12.1 Å². The van der Waals surface area contributed by atoms with Gasteiger partial charge in [-0.2, -0.15) is 0 Å². The second-order valence-electron chi connectivity index (χ2n) is 6.27. The fourth-order valence-electron chi connectivity index (χ4n) is 1.91. The van der Waals surface area contributed by atoms with Crippen LogP contribution in [0.3, 0.4) is 0 Å². The first-order chi connectivity index (χ1) is 9.64. The Balaban J connectivity index is 2.67. The van der Waals surface area contributed by atoms with Gasteiger partial charge in [0, 0.05) is 6.42 Å². The number of nitrogens with zero attached hydrogens (tertiary/aromatic N) is 1. The molecular formula is C14H24N2O5. The maximum atomic E-state index is 11.9. The Morgan fingerprint density at radius 3 is 2.48 bits per heavy atom.